The average molecular weight is 750 g/mol. The molecule has 53 heavy (non-hydrogen) atoms. The van der Waals surface area contributed by atoms with Crippen molar-refractivity contribution >= 4 is 46.4 Å². The van der Waals surface area contributed by atoms with Gasteiger partial charge in [0.05, 0.1) is 22.8 Å². The molecule has 0 amide bonds. The SMILES string of the molecule is CCN1CCCC(c2c3nc(c(C4CCCCC4)c4ccc([n-]4)c(C4CCCN(CC)C4)c4nc(c(C5CCCCC5)c5ccc2[n-]5)C=C4)C=C3)C1.[Mn+3]. The molecule has 3 aromatic heterocycles. The van der Waals surface area contributed by atoms with Gasteiger partial charge in [0.2, 0.25) is 0 Å². The fourth-order valence-corrected chi connectivity index (χ4v) is 10.8. The fraction of sp³-hybridized carbons (Fsp3) is 0.565. The predicted octanol–water partition coefficient (Wildman–Crippen LogP) is 10.4. The van der Waals surface area contributed by atoms with Crippen molar-refractivity contribution in [2.75, 3.05) is 39.3 Å². The molecule has 4 aliphatic heterocycles. The number of piperidine rings is 2. The summed E-state index contributed by atoms with van der Waals surface area (Å²) in [5.74, 6) is 1.80. The Morgan fingerprint density at radius 1 is 0.472 bits per heavy atom. The summed E-state index contributed by atoms with van der Waals surface area (Å²) in [5, 5.41) is 0. The van der Waals surface area contributed by atoms with Gasteiger partial charge in [-0.25, -0.2) is 9.97 Å². The molecule has 7 heterocycles. The van der Waals surface area contributed by atoms with Gasteiger partial charge in [0.25, 0.3) is 0 Å². The zero-order valence-corrected chi connectivity index (χ0v) is 33.3. The van der Waals surface area contributed by atoms with E-state index in [1.54, 1.807) is 0 Å². The van der Waals surface area contributed by atoms with Gasteiger partial charge < -0.3 is 19.8 Å². The summed E-state index contributed by atoms with van der Waals surface area (Å²) in [7, 11) is 0. The van der Waals surface area contributed by atoms with Crippen LogP contribution < -0.4 is 9.97 Å². The van der Waals surface area contributed by atoms with Crippen molar-refractivity contribution < 1.29 is 17.1 Å². The standard InChI is InChI=1S/C46H58N6.Mn/c1-3-51-27-11-17-33(29-51)45-39-23-19-35(47-39)43(31-13-7-5-8-14-31)37-21-25-41(49-37)46(34-18-12-28-52(4-2)30-34)42-26-22-38(50-42)44(32-15-9-6-10-16-32)36-20-24-40(45)48-36;/h19-26,31-34H,3-18,27-30H2,1-2H3;/q-2;+3. The first-order valence-corrected chi connectivity index (χ1v) is 21.2. The van der Waals surface area contributed by atoms with E-state index in [4.69, 9.17) is 19.9 Å². The van der Waals surface area contributed by atoms with E-state index >= 15 is 0 Å². The minimum absolute atomic E-state index is 0. The van der Waals surface area contributed by atoms with Crippen molar-refractivity contribution in [3.63, 3.8) is 0 Å². The smallest absolute Gasteiger partial charge is 0.657 e. The molecule has 9 rings (SSSR count). The average Bonchev–Trinajstić information content (AvgIpc) is 4.04. The second kappa shape index (κ2) is 16.4. The largest absolute Gasteiger partial charge is 3.00 e. The summed E-state index contributed by atoms with van der Waals surface area (Å²) in [5.41, 5.74) is 14.4. The summed E-state index contributed by atoms with van der Waals surface area (Å²) in [6.45, 7) is 11.3. The first-order chi connectivity index (χ1) is 25.7. The van der Waals surface area contributed by atoms with Crippen molar-refractivity contribution in [3.05, 3.63) is 69.3 Å². The minimum atomic E-state index is 0. The van der Waals surface area contributed by atoms with Crippen molar-refractivity contribution in [2.24, 2.45) is 0 Å². The molecule has 6 aliphatic rings. The third-order valence-electron chi connectivity index (χ3n) is 13.5. The van der Waals surface area contributed by atoms with Gasteiger partial charge >= 0.3 is 17.1 Å². The predicted molar refractivity (Wildman–Crippen MR) is 217 cm³/mol. The van der Waals surface area contributed by atoms with Gasteiger partial charge in [-0.15, -0.1) is 22.1 Å². The van der Waals surface area contributed by atoms with E-state index < -0.39 is 0 Å². The molecule has 6 nitrogen and oxygen atoms in total. The van der Waals surface area contributed by atoms with Crippen molar-refractivity contribution in [3.8, 4) is 0 Å². The first kappa shape index (κ1) is 37.0. The van der Waals surface area contributed by atoms with Crippen LogP contribution >= 0.6 is 0 Å². The molecule has 4 fully saturated rings. The summed E-state index contributed by atoms with van der Waals surface area (Å²) in [6.07, 6.45) is 26.8. The molecular weight excluding hydrogens is 691 g/mol. The number of aromatic nitrogens is 4. The molecule has 0 spiro atoms. The molecule has 0 aromatic carbocycles. The minimum Gasteiger partial charge on any atom is -0.657 e. The maximum atomic E-state index is 5.62. The molecule has 0 radical (unpaired) electrons. The second-order valence-corrected chi connectivity index (χ2v) is 16.7. The molecule has 8 bridgehead atoms. The monoisotopic (exact) mass is 749 g/mol. The van der Waals surface area contributed by atoms with Gasteiger partial charge in [-0.2, -0.15) is 0 Å². The number of likely N-dealkylation sites (N-methyl/N-ethyl adjacent to an activating group) is 2. The third-order valence-corrected chi connectivity index (χ3v) is 13.5. The van der Waals surface area contributed by atoms with Crippen LogP contribution in [0.3, 0.4) is 0 Å². The zero-order valence-electron chi connectivity index (χ0n) is 32.1. The van der Waals surface area contributed by atoms with Crippen LogP contribution in [-0.4, -0.2) is 59.0 Å². The Morgan fingerprint density at radius 2 is 0.792 bits per heavy atom. The van der Waals surface area contributed by atoms with E-state index in [1.165, 1.54) is 125 Å². The van der Waals surface area contributed by atoms with Crippen LogP contribution in [0, 0.1) is 0 Å². The Kier molecular flexibility index (Phi) is 11.5. The van der Waals surface area contributed by atoms with E-state index in [-0.39, 0.29) is 17.1 Å². The van der Waals surface area contributed by atoms with Crippen LogP contribution in [0.2, 0.25) is 0 Å². The molecule has 7 heteroatoms. The Morgan fingerprint density at radius 3 is 1.13 bits per heavy atom. The molecule has 3 aromatic rings. The number of hydrogen-bond donors (Lipinski definition) is 0. The molecule has 2 unspecified atom stereocenters. The van der Waals surface area contributed by atoms with Gasteiger partial charge in [-0.3, -0.25) is 0 Å². The molecule has 2 saturated carbocycles. The number of likely N-dealkylation sites (tertiary alicyclic amines) is 2. The Balaban J connectivity index is 0.00000400. The number of fused-ring (bicyclic) bond motifs is 8. The van der Waals surface area contributed by atoms with Gasteiger partial charge in [-0.05, 0) is 148 Å². The van der Waals surface area contributed by atoms with E-state index in [0.29, 0.717) is 23.7 Å². The van der Waals surface area contributed by atoms with Gasteiger partial charge in [0.15, 0.2) is 0 Å². The van der Waals surface area contributed by atoms with Gasteiger partial charge in [0.1, 0.15) is 0 Å². The quantitative estimate of drug-likeness (QED) is 0.161. The summed E-state index contributed by atoms with van der Waals surface area (Å²) < 4.78 is 0. The van der Waals surface area contributed by atoms with Crippen LogP contribution in [0.5, 0.6) is 0 Å². The van der Waals surface area contributed by atoms with Gasteiger partial charge in [0, 0.05) is 13.1 Å². The number of hydrogen-bond acceptors (Lipinski definition) is 4. The normalized spacial score (nSPS) is 23.4. The van der Waals surface area contributed by atoms with E-state index in [1.807, 2.05) is 0 Å². The van der Waals surface area contributed by atoms with Crippen LogP contribution in [-0.2, 0) is 17.1 Å². The van der Waals surface area contributed by atoms with E-state index in [2.05, 4.69) is 72.2 Å². The second-order valence-electron chi connectivity index (χ2n) is 16.7. The van der Waals surface area contributed by atoms with Crippen molar-refractivity contribution in [2.45, 2.75) is 127 Å². The Bertz CT molecular complexity index is 1850. The fourth-order valence-electron chi connectivity index (χ4n) is 10.8. The van der Waals surface area contributed by atoms with Gasteiger partial charge in [-0.1, -0.05) is 76.6 Å². The number of nitrogens with zero attached hydrogens (tertiary/aromatic N) is 6. The van der Waals surface area contributed by atoms with Crippen LogP contribution in [0.15, 0.2) is 24.3 Å². The van der Waals surface area contributed by atoms with Crippen molar-refractivity contribution in [1.29, 1.82) is 0 Å². The summed E-state index contributed by atoms with van der Waals surface area (Å²) in [6, 6.07) is 9.30. The van der Waals surface area contributed by atoms with E-state index in [0.717, 1.165) is 71.0 Å². The maximum Gasteiger partial charge on any atom is 3.00 e. The molecule has 2 saturated heterocycles. The molecule has 0 N–H and O–H groups in total. The topological polar surface area (TPSA) is 60.5 Å². The van der Waals surface area contributed by atoms with Crippen molar-refractivity contribution in [1.82, 2.24) is 29.7 Å². The summed E-state index contributed by atoms with van der Waals surface area (Å²) in [4.78, 5) is 27.7. The van der Waals surface area contributed by atoms with Crippen LogP contribution in [0.1, 0.15) is 172 Å². The maximum absolute atomic E-state index is 5.62. The zero-order chi connectivity index (χ0) is 35.0. The number of rotatable bonds is 6. The van der Waals surface area contributed by atoms with Crippen LogP contribution in [0.25, 0.3) is 46.4 Å². The molecule has 2 atom stereocenters. The molecular formula is C46H58MnN6+. The third kappa shape index (κ3) is 7.41. The molecule has 278 valence electrons. The molecule has 2 aliphatic carbocycles. The van der Waals surface area contributed by atoms with E-state index in [9.17, 15) is 0 Å². The summed E-state index contributed by atoms with van der Waals surface area (Å²) >= 11 is 0. The van der Waals surface area contributed by atoms with Crippen LogP contribution in [0.4, 0.5) is 0 Å². The Labute approximate surface area is 327 Å². The first-order valence-electron chi connectivity index (χ1n) is 21.2. The Hall–Kier alpha value is -2.96.